The lowest BCUT2D eigenvalue weighted by molar-refractivity contribution is -0.162. The summed E-state index contributed by atoms with van der Waals surface area (Å²) in [7, 11) is 0. The molecule has 18 heavy (non-hydrogen) atoms. The molecular weight excluding hydrogens is 228 g/mol. The van der Waals surface area contributed by atoms with Gasteiger partial charge in [0.15, 0.2) is 0 Å². The lowest BCUT2D eigenvalue weighted by Crippen LogP contribution is -2.14. The van der Waals surface area contributed by atoms with Gasteiger partial charge in [0, 0.05) is 12.5 Å². The van der Waals surface area contributed by atoms with E-state index in [4.69, 9.17) is 9.47 Å². The van der Waals surface area contributed by atoms with Crippen molar-refractivity contribution in [2.75, 3.05) is 0 Å². The predicted molar refractivity (Wildman–Crippen MR) is 68.0 cm³/mol. The molecule has 0 saturated carbocycles. The van der Waals surface area contributed by atoms with Crippen LogP contribution in [0.1, 0.15) is 18.8 Å². The van der Waals surface area contributed by atoms with Crippen LogP contribution in [-0.4, -0.2) is 5.97 Å². The third-order valence-corrected chi connectivity index (χ3v) is 2.33. The second-order valence-corrected chi connectivity index (χ2v) is 3.78. The summed E-state index contributed by atoms with van der Waals surface area (Å²) in [5, 5.41) is 0. The van der Waals surface area contributed by atoms with Crippen LogP contribution in [-0.2, 0) is 9.53 Å². The van der Waals surface area contributed by atoms with Crippen LogP contribution < -0.4 is 4.74 Å². The van der Waals surface area contributed by atoms with Crippen LogP contribution in [0.25, 0.3) is 0 Å². The van der Waals surface area contributed by atoms with E-state index in [0.717, 1.165) is 5.56 Å². The lowest BCUT2D eigenvalue weighted by atomic mass is 10.2. The number of rotatable bonds is 4. The van der Waals surface area contributed by atoms with E-state index >= 15 is 0 Å². The topological polar surface area (TPSA) is 35.5 Å². The smallest absolute Gasteiger partial charge is 0.305 e. The summed E-state index contributed by atoms with van der Waals surface area (Å²) in [5.74, 6) is 0.285. The van der Waals surface area contributed by atoms with Gasteiger partial charge in [0.05, 0.1) is 0 Å². The highest BCUT2D eigenvalue weighted by Crippen LogP contribution is 2.22. The fourth-order valence-electron chi connectivity index (χ4n) is 1.54. The summed E-state index contributed by atoms with van der Waals surface area (Å²) in [4.78, 5) is 11.1. The maximum Gasteiger partial charge on any atom is 0.305 e. The predicted octanol–water partition coefficient (Wildman–Crippen LogP) is 3.33. The molecule has 0 saturated heterocycles. The van der Waals surface area contributed by atoms with E-state index in [1.807, 2.05) is 60.7 Å². The number of esters is 1. The third kappa shape index (κ3) is 3.35. The van der Waals surface area contributed by atoms with Gasteiger partial charge in [-0.3, -0.25) is 4.79 Å². The summed E-state index contributed by atoms with van der Waals surface area (Å²) in [6.07, 6.45) is -0.717. The van der Waals surface area contributed by atoms with Crippen molar-refractivity contribution in [3.8, 4) is 5.75 Å². The summed E-state index contributed by atoms with van der Waals surface area (Å²) < 4.78 is 10.8. The Labute approximate surface area is 106 Å². The zero-order chi connectivity index (χ0) is 12.8. The van der Waals surface area contributed by atoms with Gasteiger partial charge in [0.25, 0.3) is 6.29 Å². The number of carbonyl (C=O) groups is 1. The Hall–Kier alpha value is -2.29. The van der Waals surface area contributed by atoms with Gasteiger partial charge in [-0.15, -0.1) is 0 Å². The molecule has 0 aliphatic carbocycles. The first kappa shape index (κ1) is 12.2. The third-order valence-electron chi connectivity index (χ3n) is 2.33. The van der Waals surface area contributed by atoms with Crippen LogP contribution in [0.2, 0.25) is 0 Å². The van der Waals surface area contributed by atoms with Gasteiger partial charge >= 0.3 is 5.97 Å². The zero-order valence-electron chi connectivity index (χ0n) is 10.1. The highest BCUT2D eigenvalue weighted by atomic mass is 16.7. The van der Waals surface area contributed by atoms with Crippen LogP contribution in [0.4, 0.5) is 0 Å². The zero-order valence-corrected chi connectivity index (χ0v) is 10.1. The second kappa shape index (κ2) is 5.87. The Morgan fingerprint density at radius 3 is 2.06 bits per heavy atom. The first-order valence-electron chi connectivity index (χ1n) is 5.69. The van der Waals surface area contributed by atoms with Crippen molar-refractivity contribution in [3.63, 3.8) is 0 Å². The fourth-order valence-corrected chi connectivity index (χ4v) is 1.54. The maximum atomic E-state index is 11.1. The molecule has 1 atom stereocenters. The second-order valence-electron chi connectivity index (χ2n) is 3.78. The molecule has 0 aliphatic rings. The Morgan fingerprint density at radius 2 is 1.50 bits per heavy atom. The number of ether oxygens (including phenoxy) is 2. The molecule has 2 aromatic rings. The molecular formula is C15H14O3. The van der Waals surface area contributed by atoms with Gasteiger partial charge in [0.2, 0.25) is 0 Å². The molecule has 2 aromatic carbocycles. The SMILES string of the molecule is CC(=O)O[C@H](Oc1ccccc1)c1ccccc1. The average Bonchev–Trinajstić information content (AvgIpc) is 2.40. The maximum absolute atomic E-state index is 11.1. The van der Waals surface area contributed by atoms with Gasteiger partial charge in [-0.1, -0.05) is 48.5 Å². The van der Waals surface area contributed by atoms with Crippen LogP contribution in [0.3, 0.4) is 0 Å². The van der Waals surface area contributed by atoms with E-state index in [1.165, 1.54) is 6.92 Å². The molecule has 0 unspecified atom stereocenters. The van der Waals surface area contributed by atoms with E-state index in [9.17, 15) is 4.79 Å². The molecule has 0 aliphatic heterocycles. The van der Waals surface area contributed by atoms with Crippen molar-refractivity contribution >= 4 is 5.97 Å². The standard InChI is InChI=1S/C15H14O3/c1-12(16)17-15(13-8-4-2-5-9-13)18-14-10-6-3-7-11-14/h2-11,15H,1H3/t15-/m1/s1. The highest BCUT2D eigenvalue weighted by Gasteiger charge is 2.15. The van der Waals surface area contributed by atoms with Crippen molar-refractivity contribution in [1.82, 2.24) is 0 Å². The Balaban J connectivity index is 2.18. The minimum Gasteiger partial charge on any atom is -0.450 e. The first-order chi connectivity index (χ1) is 8.75. The molecule has 0 N–H and O–H groups in total. The fraction of sp³-hybridized carbons (Fsp3) is 0.133. The van der Waals surface area contributed by atoms with Crippen LogP contribution in [0.5, 0.6) is 5.75 Å². The van der Waals surface area contributed by atoms with Gasteiger partial charge in [-0.05, 0) is 12.1 Å². The molecule has 0 bridgehead atoms. The van der Waals surface area contributed by atoms with E-state index in [-0.39, 0.29) is 5.97 Å². The first-order valence-corrected chi connectivity index (χ1v) is 5.69. The summed E-state index contributed by atoms with van der Waals surface area (Å²) in [5.41, 5.74) is 0.802. The summed E-state index contributed by atoms with van der Waals surface area (Å²) in [6.45, 7) is 1.37. The summed E-state index contributed by atoms with van der Waals surface area (Å²) in [6, 6.07) is 18.6. The van der Waals surface area contributed by atoms with Crippen molar-refractivity contribution < 1.29 is 14.3 Å². The highest BCUT2D eigenvalue weighted by molar-refractivity contribution is 5.66. The number of hydrogen-bond donors (Lipinski definition) is 0. The molecule has 0 amide bonds. The van der Waals surface area contributed by atoms with Crippen molar-refractivity contribution in [3.05, 3.63) is 66.2 Å². The molecule has 3 heteroatoms. The number of benzene rings is 2. The lowest BCUT2D eigenvalue weighted by Gasteiger charge is -2.18. The Bertz CT molecular complexity index is 494. The molecule has 0 fully saturated rings. The van der Waals surface area contributed by atoms with Crippen LogP contribution in [0.15, 0.2) is 60.7 Å². The van der Waals surface area contributed by atoms with Crippen LogP contribution >= 0.6 is 0 Å². The van der Waals surface area contributed by atoms with Gasteiger partial charge in [-0.25, -0.2) is 0 Å². The van der Waals surface area contributed by atoms with Crippen LogP contribution in [0, 0.1) is 0 Å². The van der Waals surface area contributed by atoms with Gasteiger partial charge < -0.3 is 9.47 Å². The largest absolute Gasteiger partial charge is 0.450 e. The van der Waals surface area contributed by atoms with Gasteiger partial charge in [0.1, 0.15) is 5.75 Å². The minimum atomic E-state index is -0.717. The van der Waals surface area contributed by atoms with E-state index < -0.39 is 6.29 Å². The van der Waals surface area contributed by atoms with Gasteiger partial charge in [-0.2, -0.15) is 0 Å². The quantitative estimate of drug-likeness (QED) is 0.609. The Kier molecular flexibility index (Phi) is 3.97. The number of carbonyl (C=O) groups excluding carboxylic acids is 1. The molecule has 0 heterocycles. The molecule has 0 aromatic heterocycles. The normalized spacial score (nSPS) is 11.6. The molecule has 92 valence electrons. The molecule has 0 spiro atoms. The van der Waals surface area contributed by atoms with E-state index in [2.05, 4.69) is 0 Å². The number of hydrogen-bond acceptors (Lipinski definition) is 3. The van der Waals surface area contributed by atoms with Crippen molar-refractivity contribution in [2.45, 2.75) is 13.2 Å². The minimum absolute atomic E-state index is 0.375. The molecule has 0 radical (unpaired) electrons. The summed E-state index contributed by atoms with van der Waals surface area (Å²) >= 11 is 0. The van der Waals surface area contributed by atoms with Crippen molar-refractivity contribution in [2.24, 2.45) is 0 Å². The molecule has 3 nitrogen and oxygen atoms in total. The molecule has 2 rings (SSSR count). The Morgan fingerprint density at radius 1 is 0.944 bits per heavy atom. The van der Waals surface area contributed by atoms with Crippen molar-refractivity contribution in [1.29, 1.82) is 0 Å². The number of para-hydroxylation sites is 1. The monoisotopic (exact) mass is 242 g/mol. The van der Waals surface area contributed by atoms with E-state index in [1.54, 1.807) is 0 Å². The van der Waals surface area contributed by atoms with E-state index in [0.29, 0.717) is 5.75 Å². The average molecular weight is 242 g/mol.